The van der Waals surface area contributed by atoms with Gasteiger partial charge in [-0.1, -0.05) is 25.0 Å². The molecule has 1 heteroatoms. The zero-order valence-corrected chi connectivity index (χ0v) is 6.56. The van der Waals surface area contributed by atoms with E-state index in [9.17, 15) is 0 Å². The summed E-state index contributed by atoms with van der Waals surface area (Å²) in [4.78, 5) is 0. The summed E-state index contributed by atoms with van der Waals surface area (Å²) < 4.78 is 0. The molecule has 0 aromatic carbocycles. The van der Waals surface area contributed by atoms with Gasteiger partial charge in [0, 0.05) is 5.70 Å². The lowest BCUT2D eigenvalue weighted by atomic mass is 9.99. The highest BCUT2D eigenvalue weighted by molar-refractivity contribution is 5.21. The molecule has 0 amide bonds. The molecule has 1 nitrogen and oxygen atoms in total. The van der Waals surface area contributed by atoms with Crippen molar-refractivity contribution in [3.05, 3.63) is 23.4 Å². The molecular formula is C9H15N. The first-order valence-electron chi connectivity index (χ1n) is 3.97. The molecule has 0 atom stereocenters. The molecule has 1 aliphatic carbocycles. The molecule has 0 unspecified atom stereocenters. The van der Waals surface area contributed by atoms with Crippen molar-refractivity contribution < 1.29 is 0 Å². The monoisotopic (exact) mass is 137 g/mol. The zero-order chi connectivity index (χ0) is 7.40. The van der Waals surface area contributed by atoms with E-state index in [0.29, 0.717) is 0 Å². The van der Waals surface area contributed by atoms with Gasteiger partial charge in [0.05, 0.1) is 0 Å². The predicted octanol–water partition coefficient (Wildman–Crippen LogP) is 2.35. The average Bonchev–Trinajstić information content (AvgIpc) is 1.95. The zero-order valence-electron chi connectivity index (χ0n) is 6.56. The minimum Gasteiger partial charge on any atom is -0.402 e. The first-order chi connectivity index (χ1) is 4.83. The third kappa shape index (κ3) is 1.90. The van der Waals surface area contributed by atoms with Gasteiger partial charge in [-0.05, 0) is 25.3 Å². The van der Waals surface area contributed by atoms with E-state index in [1.165, 1.54) is 19.3 Å². The molecule has 1 aliphatic rings. The fourth-order valence-corrected chi connectivity index (χ4v) is 1.23. The highest BCUT2D eigenvalue weighted by Gasteiger charge is 2.01. The van der Waals surface area contributed by atoms with Crippen LogP contribution in [0.5, 0.6) is 0 Å². The van der Waals surface area contributed by atoms with Crippen LogP contribution in [0.15, 0.2) is 23.4 Å². The van der Waals surface area contributed by atoms with Crippen molar-refractivity contribution in [2.24, 2.45) is 5.73 Å². The lowest BCUT2D eigenvalue weighted by Gasteiger charge is -2.09. The smallest absolute Gasteiger partial charge is 0.00836 e. The van der Waals surface area contributed by atoms with Crippen LogP contribution < -0.4 is 5.73 Å². The van der Waals surface area contributed by atoms with Gasteiger partial charge in [0.25, 0.3) is 0 Å². The Labute approximate surface area is 62.6 Å². The Bertz CT molecular complexity index is 162. The third-order valence-electron chi connectivity index (χ3n) is 1.84. The molecule has 0 aromatic heterocycles. The first kappa shape index (κ1) is 7.39. The number of allylic oxidation sites excluding steroid dienone is 4. The van der Waals surface area contributed by atoms with Crippen LogP contribution in [0.3, 0.4) is 0 Å². The van der Waals surface area contributed by atoms with Gasteiger partial charge >= 0.3 is 0 Å². The average molecular weight is 137 g/mol. The third-order valence-corrected chi connectivity index (χ3v) is 1.84. The SMILES string of the molecule is CCCC1=CC=C(N)CC1. The second-order valence-corrected chi connectivity index (χ2v) is 2.82. The number of hydrogen-bond donors (Lipinski definition) is 1. The van der Waals surface area contributed by atoms with E-state index >= 15 is 0 Å². The van der Waals surface area contributed by atoms with E-state index in [1.54, 1.807) is 5.57 Å². The van der Waals surface area contributed by atoms with E-state index in [2.05, 4.69) is 13.0 Å². The molecule has 0 aromatic rings. The quantitative estimate of drug-likeness (QED) is 0.621. The Morgan fingerprint density at radius 1 is 1.40 bits per heavy atom. The molecule has 0 heterocycles. The lowest BCUT2D eigenvalue weighted by molar-refractivity contribution is 0.797. The van der Waals surface area contributed by atoms with Gasteiger partial charge in [-0.15, -0.1) is 0 Å². The van der Waals surface area contributed by atoms with Gasteiger partial charge in [-0.25, -0.2) is 0 Å². The van der Waals surface area contributed by atoms with Gasteiger partial charge in [0.15, 0.2) is 0 Å². The minimum absolute atomic E-state index is 1.03. The molecule has 10 heavy (non-hydrogen) atoms. The molecule has 0 aliphatic heterocycles. The molecule has 0 bridgehead atoms. The van der Waals surface area contributed by atoms with Crippen molar-refractivity contribution in [3.63, 3.8) is 0 Å². The summed E-state index contributed by atoms with van der Waals surface area (Å²) in [5.41, 5.74) is 8.19. The van der Waals surface area contributed by atoms with Crippen molar-refractivity contribution in [2.75, 3.05) is 0 Å². The van der Waals surface area contributed by atoms with E-state index in [0.717, 1.165) is 12.1 Å². The molecule has 0 fully saturated rings. The summed E-state index contributed by atoms with van der Waals surface area (Å²) in [5, 5.41) is 0. The summed E-state index contributed by atoms with van der Waals surface area (Å²) in [7, 11) is 0. The standard InChI is InChI=1S/C9H15N/c1-2-3-8-4-6-9(10)7-5-8/h4,6H,2-3,5,7,10H2,1H3. The molecule has 0 saturated heterocycles. The van der Waals surface area contributed by atoms with Crippen LogP contribution in [0.2, 0.25) is 0 Å². The van der Waals surface area contributed by atoms with Gasteiger partial charge < -0.3 is 5.73 Å². The normalized spacial score (nSPS) is 18.1. The summed E-state index contributed by atoms with van der Waals surface area (Å²) >= 11 is 0. The Kier molecular flexibility index (Phi) is 2.55. The van der Waals surface area contributed by atoms with Crippen molar-refractivity contribution in [1.82, 2.24) is 0 Å². The van der Waals surface area contributed by atoms with Crippen LogP contribution in [-0.2, 0) is 0 Å². The summed E-state index contributed by atoms with van der Waals surface area (Å²) in [6, 6.07) is 0. The van der Waals surface area contributed by atoms with Crippen molar-refractivity contribution in [2.45, 2.75) is 32.6 Å². The van der Waals surface area contributed by atoms with Crippen molar-refractivity contribution in [1.29, 1.82) is 0 Å². The highest BCUT2D eigenvalue weighted by atomic mass is 14.6. The van der Waals surface area contributed by atoms with Gasteiger partial charge in [0.2, 0.25) is 0 Å². The topological polar surface area (TPSA) is 26.0 Å². The van der Waals surface area contributed by atoms with Crippen LogP contribution in [0.4, 0.5) is 0 Å². The lowest BCUT2D eigenvalue weighted by Crippen LogP contribution is -2.01. The van der Waals surface area contributed by atoms with E-state index < -0.39 is 0 Å². The van der Waals surface area contributed by atoms with E-state index in [1.807, 2.05) is 6.08 Å². The molecular weight excluding hydrogens is 122 g/mol. The second kappa shape index (κ2) is 3.45. The summed E-state index contributed by atoms with van der Waals surface area (Å²) in [5.74, 6) is 0. The fourth-order valence-electron chi connectivity index (χ4n) is 1.23. The maximum Gasteiger partial charge on any atom is 0.00836 e. The summed E-state index contributed by atoms with van der Waals surface area (Å²) in [6.45, 7) is 2.21. The predicted molar refractivity (Wildman–Crippen MR) is 44.5 cm³/mol. The number of nitrogens with two attached hydrogens (primary N) is 1. The fraction of sp³-hybridized carbons (Fsp3) is 0.556. The van der Waals surface area contributed by atoms with E-state index in [4.69, 9.17) is 5.73 Å². The summed E-state index contributed by atoms with van der Waals surface area (Å²) in [6.07, 6.45) is 8.93. The Morgan fingerprint density at radius 2 is 2.20 bits per heavy atom. The van der Waals surface area contributed by atoms with Crippen molar-refractivity contribution >= 4 is 0 Å². The molecule has 0 saturated carbocycles. The maximum absolute atomic E-state index is 5.61. The van der Waals surface area contributed by atoms with Gasteiger partial charge in [-0.3, -0.25) is 0 Å². The molecule has 0 radical (unpaired) electrons. The van der Waals surface area contributed by atoms with E-state index in [-0.39, 0.29) is 0 Å². The van der Waals surface area contributed by atoms with Crippen LogP contribution in [0, 0.1) is 0 Å². The molecule has 56 valence electrons. The number of hydrogen-bond acceptors (Lipinski definition) is 1. The Hall–Kier alpha value is -0.720. The van der Waals surface area contributed by atoms with Crippen molar-refractivity contribution in [3.8, 4) is 0 Å². The Morgan fingerprint density at radius 3 is 2.70 bits per heavy atom. The maximum atomic E-state index is 5.61. The van der Waals surface area contributed by atoms with Crippen LogP contribution in [0.1, 0.15) is 32.6 Å². The van der Waals surface area contributed by atoms with Gasteiger partial charge in [-0.2, -0.15) is 0 Å². The van der Waals surface area contributed by atoms with Gasteiger partial charge in [0.1, 0.15) is 0 Å². The molecule has 1 rings (SSSR count). The number of rotatable bonds is 2. The molecule has 0 spiro atoms. The van der Waals surface area contributed by atoms with Crippen LogP contribution >= 0.6 is 0 Å². The Balaban J connectivity index is 2.47. The molecule has 2 N–H and O–H groups in total. The highest BCUT2D eigenvalue weighted by Crippen LogP contribution is 2.18. The largest absolute Gasteiger partial charge is 0.402 e. The second-order valence-electron chi connectivity index (χ2n) is 2.82. The minimum atomic E-state index is 1.03. The van der Waals surface area contributed by atoms with Crippen LogP contribution in [-0.4, -0.2) is 0 Å². The van der Waals surface area contributed by atoms with Crippen LogP contribution in [0.25, 0.3) is 0 Å². The first-order valence-corrected chi connectivity index (χ1v) is 3.97.